The van der Waals surface area contributed by atoms with Crippen LogP contribution < -0.4 is 36.5 Å². The second-order valence-corrected chi connectivity index (χ2v) is 17.4. The van der Waals surface area contributed by atoms with Crippen LogP contribution in [0.3, 0.4) is 0 Å². The Morgan fingerprint density at radius 1 is 0.851 bits per heavy atom. The van der Waals surface area contributed by atoms with E-state index in [1.165, 1.54) is 6.92 Å². The standard InChI is InChI=1S/C37H54N8O21S/c1-12-10-45-27(28(12)53)35(60)43-33(58)21(51)8-17(39-14(3)47)31(56)40-24(13(2)46)36(61)44-11-16(48)7-18(44)32(57)42-26(34(59)41-25(37(45)62)20(50)9-23(38)52)30(55)29(54)15-4-5-19(49)22(6-15)66-67(63,64)65/h4-6,12-13,16-18,20-21,24-30,33,46,48-51,53-55,58H,7-11H2,1-3H3,(H2,38,52)(H,39,47)(H,40,56)(H,41,59)(H,42,57)(H,43,60)(H,63,64,65). The topological polar surface area (TPSA) is 475 Å². The lowest BCUT2D eigenvalue weighted by molar-refractivity contribution is -0.149. The molecule has 3 saturated heterocycles. The molecule has 29 nitrogen and oxygen atoms in total. The third kappa shape index (κ3) is 13.2. The zero-order chi connectivity index (χ0) is 50.6. The summed E-state index contributed by atoms with van der Waals surface area (Å²) < 4.78 is 36.3. The van der Waals surface area contributed by atoms with Gasteiger partial charge in [0.1, 0.15) is 54.6 Å². The van der Waals surface area contributed by atoms with E-state index in [4.69, 9.17) is 10.3 Å². The van der Waals surface area contributed by atoms with Gasteiger partial charge in [0.05, 0.1) is 30.8 Å². The van der Waals surface area contributed by atoms with Gasteiger partial charge in [-0.3, -0.25) is 42.9 Å². The second kappa shape index (κ2) is 21.9. The van der Waals surface area contributed by atoms with Crippen LogP contribution in [0.5, 0.6) is 11.5 Å². The van der Waals surface area contributed by atoms with Gasteiger partial charge < -0.3 is 92.3 Å². The summed E-state index contributed by atoms with van der Waals surface area (Å²) in [4.78, 5) is 110. The van der Waals surface area contributed by atoms with Crippen molar-refractivity contribution in [2.75, 3.05) is 13.1 Å². The number of phenols is 1. The van der Waals surface area contributed by atoms with Gasteiger partial charge in [0.25, 0.3) is 0 Å². The SMILES string of the molecule is CC(=O)NC1CC(O)C(O)NC(=O)C2C(O)C(C)CN2C(=O)C(C(O)CC(N)=O)NC(=O)C(C(O)C(O)c2ccc(O)c(OS(=O)(=O)O)c2)NC(=O)C2CC(O)CN2C(=O)C(C(C)O)NC1=O. The predicted molar refractivity (Wildman–Crippen MR) is 218 cm³/mol. The number of fused-ring (bicyclic) bond motifs is 2. The first-order chi connectivity index (χ1) is 31.0. The molecule has 0 radical (unpaired) electrons. The minimum absolute atomic E-state index is 0.536. The monoisotopic (exact) mass is 978 g/mol. The summed E-state index contributed by atoms with van der Waals surface area (Å²) in [5.41, 5.74) is 4.68. The van der Waals surface area contributed by atoms with Crippen molar-refractivity contribution in [2.24, 2.45) is 11.7 Å². The number of rotatable bonds is 10. The van der Waals surface area contributed by atoms with Gasteiger partial charge in [0, 0.05) is 38.8 Å². The Labute approximate surface area is 380 Å². The van der Waals surface area contributed by atoms with Crippen molar-refractivity contribution < 1.29 is 101 Å². The highest BCUT2D eigenvalue weighted by atomic mass is 32.3. The molecule has 15 unspecified atom stereocenters. The van der Waals surface area contributed by atoms with Crippen LogP contribution >= 0.6 is 0 Å². The highest BCUT2D eigenvalue weighted by Crippen LogP contribution is 2.32. The third-order valence-corrected chi connectivity index (χ3v) is 11.5. The minimum atomic E-state index is -5.32. The van der Waals surface area contributed by atoms with E-state index in [1.54, 1.807) is 0 Å². The molecule has 374 valence electrons. The fourth-order valence-electron chi connectivity index (χ4n) is 7.75. The molecule has 0 saturated carbocycles. The van der Waals surface area contributed by atoms with Gasteiger partial charge >= 0.3 is 10.4 Å². The van der Waals surface area contributed by atoms with E-state index < -0.39 is 198 Å². The summed E-state index contributed by atoms with van der Waals surface area (Å²) in [6, 6.07) is -10.5. The van der Waals surface area contributed by atoms with Crippen LogP contribution in [0.15, 0.2) is 18.2 Å². The van der Waals surface area contributed by atoms with Crippen molar-refractivity contribution >= 4 is 57.7 Å². The molecule has 0 spiro atoms. The Morgan fingerprint density at radius 2 is 1.45 bits per heavy atom. The van der Waals surface area contributed by atoms with Crippen molar-refractivity contribution in [2.45, 2.75) is 125 Å². The van der Waals surface area contributed by atoms with Gasteiger partial charge in [-0.1, -0.05) is 13.0 Å². The van der Waals surface area contributed by atoms with Gasteiger partial charge in [0.15, 0.2) is 17.7 Å². The zero-order valence-corrected chi connectivity index (χ0v) is 36.6. The highest BCUT2D eigenvalue weighted by molar-refractivity contribution is 7.81. The van der Waals surface area contributed by atoms with Crippen molar-refractivity contribution in [3.8, 4) is 11.5 Å². The maximum atomic E-state index is 14.4. The lowest BCUT2D eigenvalue weighted by Crippen LogP contribution is -2.64. The summed E-state index contributed by atoms with van der Waals surface area (Å²) in [5.74, 6) is -13.6. The summed E-state index contributed by atoms with van der Waals surface area (Å²) in [5, 5.41) is 109. The highest BCUT2D eigenvalue weighted by Gasteiger charge is 2.50. The second-order valence-electron chi connectivity index (χ2n) is 16.4. The lowest BCUT2D eigenvalue weighted by atomic mass is 9.96. The number of benzene rings is 1. The molecule has 3 heterocycles. The Hall–Kier alpha value is -5.83. The molecule has 0 aromatic heterocycles. The number of nitrogens with zero attached hydrogens (tertiary/aromatic N) is 2. The molecule has 30 heteroatoms. The number of aliphatic hydroxyl groups excluding tert-OH is 8. The number of hydrogen-bond acceptors (Lipinski definition) is 20. The van der Waals surface area contributed by atoms with Crippen LogP contribution in [0.2, 0.25) is 0 Å². The summed E-state index contributed by atoms with van der Waals surface area (Å²) in [7, 11) is -5.32. The van der Waals surface area contributed by atoms with Crippen LogP contribution in [0.4, 0.5) is 0 Å². The molecule has 1 aromatic carbocycles. The smallest absolute Gasteiger partial charge is 0.446 e. The molecule has 1 aromatic rings. The molecule has 0 aliphatic carbocycles. The maximum absolute atomic E-state index is 14.4. The average molecular weight is 979 g/mol. The number of amides is 8. The minimum Gasteiger partial charge on any atom is -0.504 e. The number of aromatic hydroxyl groups is 1. The molecule has 67 heavy (non-hydrogen) atoms. The van der Waals surface area contributed by atoms with Crippen LogP contribution in [-0.4, -0.2) is 208 Å². The predicted octanol–water partition coefficient (Wildman–Crippen LogP) is -9.09. The molecular weight excluding hydrogens is 925 g/mol. The Kier molecular flexibility index (Phi) is 17.5. The largest absolute Gasteiger partial charge is 0.504 e. The van der Waals surface area contributed by atoms with Crippen molar-refractivity contribution in [1.82, 2.24) is 36.4 Å². The van der Waals surface area contributed by atoms with E-state index in [9.17, 15) is 92.7 Å². The fourth-order valence-corrected chi connectivity index (χ4v) is 8.11. The number of nitrogens with one attached hydrogen (secondary N) is 5. The fraction of sp³-hybridized carbons (Fsp3) is 0.622. The number of nitrogens with two attached hydrogens (primary N) is 1. The molecule has 8 amide bonds. The van der Waals surface area contributed by atoms with Gasteiger partial charge in [-0.25, -0.2) is 0 Å². The summed E-state index contributed by atoms with van der Waals surface area (Å²) in [6.45, 7) is 2.11. The van der Waals surface area contributed by atoms with E-state index in [0.29, 0.717) is 21.9 Å². The number of carbonyl (C=O) groups is 8. The van der Waals surface area contributed by atoms with Crippen molar-refractivity contribution in [3.63, 3.8) is 0 Å². The van der Waals surface area contributed by atoms with Gasteiger partial charge in [-0.05, 0) is 24.6 Å². The molecule has 3 aliphatic heterocycles. The number of carbonyl (C=O) groups excluding carboxylic acids is 8. The lowest BCUT2D eigenvalue weighted by Gasteiger charge is -2.34. The molecule has 3 fully saturated rings. The normalized spacial score (nSPS) is 31.4. The van der Waals surface area contributed by atoms with Crippen molar-refractivity contribution in [1.29, 1.82) is 0 Å². The molecular formula is C37H54N8O21S. The average Bonchev–Trinajstić information content (AvgIpc) is 3.76. The molecule has 4 rings (SSSR count). The number of primary amides is 1. The number of hydrogen-bond donors (Lipinski definition) is 16. The molecule has 15 atom stereocenters. The first-order valence-electron chi connectivity index (χ1n) is 20.3. The summed E-state index contributed by atoms with van der Waals surface area (Å²) in [6.07, 6.45) is -19.6. The zero-order valence-electron chi connectivity index (χ0n) is 35.8. The van der Waals surface area contributed by atoms with E-state index in [0.717, 1.165) is 19.9 Å². The maximum Gasteiger partial charge on any atom is 0.446 e. The van der Waals surface area contributed by atoms with E-state index in [2.05, 4.69) is 20.1 Å². The van der Waals surface area contributed by atoms with Crippen LogP contribution in [0, 0.1) is 5.92 Å². The first kappa shape index (κ1) is 53.8. The third-order valence-electron chi connectivity index (χ3n) is 11.1. The number of aliphatic hydroxyl groups is 8. The van der Waals surface area contributed by atoms with Crippen molar-refractivity contribution in [3.05, 3.63) is 23.8 Å². The van der Waals surface area contributed by atoms with E-state index in [-0.39, 0.29) is 0 Å². The molecule has 17 N–H and O–H groups in total. The van der Waals surface area contributed by atoms with Gasteiger partial charge in [-0.15, -0.1) is 0 Å². The first-order valence-corrected chi connectivity index (χ1v) is 21.7. The quantitative estimate of drug-likeness (QED) is 0.0968. The Bertz CT molecular complexity index is 2180. The van der Waals surface area contributed by atoms with Gasteiger partial charge in [0.2, 0.25) is 47.3 Å². The summed E-state index contributed by atoms with van der Waals surface area (Å²) >= 11 is 0. The van der Waals surface area contributed by atoms with Crippen LogP contribution in [-0.2, 0) is 48.8 Å². The van der Waals surface area contributed by atoms with E-state index in [1.807, 2.05) is 10.6 Å². The van der Waals surface area contributed by atoms with E-state index >= 15 is 0 Å². The molecule has 3 aliphatic rings. The van der Waals surface area contributed by atoms with Crippen LogP contribution in [0.25, 0.3) is 0 Å². The molecule has 0 bridgehead atoms. The Morgan fingerprint density at radius 3 is 2.03 bits per heavy atom. The van der Waals surface area contributed by atoms with Crippen LogP contribution in [0.1, 0.15) is 51.7 Å². The van der Waals surface area contributed by atoms with Gasteiger partial charge in [-0.2, -0.15) is 8.42 Å². The Balaban J connectivity index is 1.91. The number of phenolic OH excluding ortho intramolecular Hbond substituents is 1.